The first-order valence-corrected chi connectivity index (χ1v) is 4.36. The monoisotopic (exact) mass is 163 g/mol. The van der Waals surface area contributed by atoms with Gasteiger partial charge >= 0.3 is 0 Å². The Morgan fingerprint density at radius 1 is 1.42 bits per heavy atom. The van der Waals surface area contributed by atoms with Gasteiger partial charge in [-0.05, 0) is 37.8 Å². The highest BCUT2D eigenvalue weighted by Gasteiger charge is 2.37. The average Bonchev–Trinajstić information content (AvgIpc) is 2.02. The molecule has 1 aliphatic carbocycles. The maximum atomic E-state index is 9.91. The Kier molecular flexibility index (Phi) is 1.65. The van der Waals surface area contributed by atoms with Gasteiger partial charge in [-0.25, -0.2) is 0 Å². The summed E-state index contributed by atoms with van der Waals surface area (Å²) < 4.78 is 0. The average molecular weight is 163 g/mol. The number of aliphatic hydroxyl groups is 1. The zero-order valence-electron chi connectivity index (χ0n) is 7.25. The Balaban J connectivity index is 2.28. The lowest BCUT2D eigenvalue weighted by molar-refractivity contribution is -0.0426. The molecule has 0 aliphatic heterocycles. The van der Waals surface area contributed by atoms with Crippen LogP contribution in [0, 0.1) is 6.92 Å². The second kappa shape index (κ2) is 2.56. The summed E-state index contributed by atoms with van der Waals surface area (Å²) in [6.45, 7) is 2.00. The minimum Gasteiger partial charge on any atom is -0.384 e. The van der Waals surface area contributed by atoms with Crippen LogP contribution in [0.25, 0.3) is 0 Å². The first kappa shape index (κ1) is 7.74. The van der Waals surface area contributed by atoms with E-state index in [0.717, 1.165) is 30.5 Å². The number of rotatable bonds is 1. The van der Waals surface area contributed by atoms with E-state index < -0.39 is 5.60 Å². The van der Waals surface area contributed by atoms with Gasteiger partial charge in [0.1, 0.15) is 5.60 Å². The second-order valence-electron chi connectivity index (χ2n) is 3.61. The van der Waals surface area contributed by atoms with Gasteiger partial charge in [0.15, 0.2) is 0 Å². The summed E-state index contributed by atoms with van der Waals surface area (Å²) in [5.74, 6) is 0. The molecular weight excluding hydrogens is 150 g/mol. The van der Waals surface area contributed by atoms with E-state index in [4.69, 9.17) is 0 Å². The van der Waals surface area contributed by atoms with Crippen LogP contribution in [-0.4, -0.2) is 10.1 Å². The summed E-state index contributed by atoms with van der Waals surface area (Å²) in [5, 5.41) is 9.91. The van der Waals surface area contributed by atoms with E-state index >= 15 is 0 Å². The summed E-state index contributed by atoms with van der Waals surface area (Å²) in [4.78, 5) is 4.22. The van der Waals surface area contributed by atoms with Gasteiger partial charge in [-0.2, -0.15) is 0 Å². The molecule has 2 nitrogen and oxygen atoms in total. The summed E-state index contributed by atoms with van der Waals surface area (Å²) in [6, 6.07) is 3.92. The third kappa shape index (κ3) is 1.12. The first-order valence-electron chi connectivity index (χ1n) is 4.36. The minimum atomic E-state index is -0.603. The van der Waals surface area contributed by atoms with Crippen LogP contribution in [0.5, 0.6) is 0 Å². The van der Waals surface area contributed by atoms with Crippen LogP contribution in [0.15, 0.2) is 18.3 Å². The summed E-state index contributed by atoms with van der Waals surface area (Å²) in [6.07, 6.45) is 4.66. The maximum Gasteiger partial charge on any atom is 0.106 e. The van der Waals surface area contributed by atoms with E-state index in [1.807, 2.05) is 25.3 Å². The Morgan fingerprint density at radius 2 is 2.17 bits per heavy atom. The van der Waals surface area contributed by atoms with Crippen LogP contribution in [0.2, 0.25) is 0 Å². The molecule has 1 aliphatic rings. The van der Waals surface area contributed by atoms with Crippen LogP contribution in [0.1, 0.15) is 30.5 Å². The molecule has 1 aromatic rings. The van der Waals surface area contributed by atoms with E-state index in [1.54, 1.807) is 0 Å². The highest BCUT2D eigenvalue weighted by molar-refractivity contribution is 5.19. The van der Waals surface area contributed by atoms with Gasteiger partial charge in [0, 0.05) is 6.20 Å². The molecule has 1 heterocycles. The Labute approximate surface area is 72.3 Å². The third-order valence-corrected chi connectivity index (χ3v) is 2.57. The van der Waals surface area contributed by atoms with E-state index in [2.05, 4.69) is 4.98 Å². The number of hydrogen-bond acceptors (Lipinski definition) is 2. The number of aryl methyl sites for hydroxylation is 1. The van der Waals surface area contributed by atoms with Crippen molar-refractivity contribution < 1.29 is 5.11 Å². The van der Waals surface area contributed by atoms with Gasteiger partial charge in [-0.15, -0.1) is 0 Å². The Hall–Kier alpha value is -0.890. The van der Waals surface area contributed by atoms with Crippen molar-refractivity contribution in [1.29, 1.82) is 0 Å². The normalized spacial score (nSPS) is 20.2. The fourth-order valence-electron chi connectivity index (χ4n) is 1.51. The number of hydrogen-bond donors (Lipinski definition) is 1. The van der Waals surface area contributed by atoms with Gasteiger partial charge in [-0.3, -0.25) is 4.98 Å². The van der Waals surface area contributed by atoms with Crippen LogP contribution in [-0.2, 0) is 5.60 Å². The Bertz CT molecular complexity index is 274. The molecule has 1 aromatic heterocycles. The highest BCUT2D eigenvalue weighted by atomic mass is 16.3. The van der Waals surface area contributed by atoms with Gasteiger partial charge in [0.05, 0.1) is 5.69 Å². The van der Waals surface area contributed by atoms with Gasteiger partial charge in [0.25, 0.3) is 0 Å². The molecule has 0 aromatic carbocycles. The molecule has 2 rings (SSSR count). The molecule has 1 fully saturated rings. The topological polar surface area (TPSA) is 33.1 Å². The smallest absolute Gasteiger partial charge is 0.106 e. The lowest BCUT2D eigenvalue weighted by atomic mass is 9.77. The molecule has 2 heteroatoms. The van der Waals surface area contributed by atoms with Gasteiger partial charge in [0.2, 0.25) is 0 Å². The predicted molar refractivity (Wildman–Crippen MR) is 46.7 cm³/mol. The van der Waals surface area contributed by atoms with Crippen molar-refractivity contribution in [2.24, 2.45) is 0 Å². The summed E-state index contributed by atoms with van der Waals surface area (Å²) >= 11 is 0. The highest BCUT2D eigenvalue weighted by Crippen LogP contribution is 2.39. The van der Waals surface area contributed by atoms with Crippen LogP contribution in [0.4, 0.5) is 0 Å². The molecule has 0 bridgehead atoms. The molecule has 0 spiro atoms. The third-order valence-electron chi connectivity index (χ3n) is 2.57. The molecule has 0 saturated heterocycles. The molecule has 64 valence electrons. The van der Waals surface area contributed by atoms with E-state index in [1.165, 1.54) is 0 Å². The van der Waals surface area contributed by atoms with Crippen LogP contribution < -0.4 is 0 Å². The summed E-state index contributed by atoms with van der Waals surface area (Å²) in [7, 11) is 0. The fraction of sp³-hybridized carbons (Fsp3) is 0.500. The van der Waals surface area contributed by atoms with Crippen molar-refractivity contribution in [3.8, 4) is 0 Å². The van der Waals surface area contributed by atoms with Crippen LogP contribution in [0.3, 0.4) is 0 Å². The molecule has 0 atom stereocenters. The number of pyridine rings is 1. The SMILES string of the molecule is Cc1ccc(C2(O)CCC2)nc1. The number of aromatic nitrogens is 1. The van der Waals surface area contributed by atoms with E-state index in [0.29, 0.717) is 0 Å². The number of nitrogens with zero attached hydrogens (tertiary/aromatic N) is 1. The first-order chi connectivity index (χ1) is 5.71. The lowest BCUT2D eigenvalue weighted by Crippen LogP contribution is -2.34. The van der Waals surface area contributed by atoms with E-state index in [-0.39, 0.29) is 0 Å². The Morgan fingerprint density at radius 3 is 2.58 bits per heavy atom. The van der Waals surface area contributed by atoms with Gasteiger partial charge < -0.3 is 5.11 Å². The minimum absolute atomic E-state index is 0.603. The van der Waals surface area contributed by atoms with Gasteiger partial charge in [-0.1, -0.05) is 6.07 Å². The lowest BCUT2D eigenvalue weighted by Gasteiger charge is -2.35. The standard InChI is InChI=1S/C10H13NO/c1-8-3-4-9(11-7-8)10(12)5-2-6-10/h3-4,7,12H,2,5-6H2,1H3. The molecule has 0 amide bonds. The fourth-order valence-corrected chi connectivity index (χ4v) is 1.51. The van der Waals surface area contributed by atoms with Crippen molar-refractivity contribution in [2.45, 2.75) is 31.8 Å². The van der Waals surface area contributed by atoms with Crippen molar-refractivity contribution in [2.75, 3.05) is 0 Å². The van der Waals surface area contributed by atoms with Crippen LogP contribution >= 0.6 is 0 Å². The van der Waals surface area contributed by atoms with E-state index in [9.17, 15) is 5.11 Å². The van der Waals surface area contributed by atoms with Crippen molar-refractivity contribution in [3.63, 3.8) is 0 Å². The zero-order valence-corrected chi connectivity index (χ0v) is 7.25. The van der Waals surface area contributed by atoms with Crippen molar-refractivity contribution in [1.82, 2.24) is 4.98 Å². The molecule has 1 saturated carbocycles. The van der Waals surface area contributed by atoms with Crippen molar-refractivity contribution in [3.05, 3.63) is 29.6 Å². The summed E-state index contributed by atoms with van der Waals surface area (Å²) in [5.41, 5.74) is 1.37. The quantitative estimate of drug-likeness (QED) is 0.684. The predicted octanol–water partition coefficient (Wildman–Crippen LogP) is 1.76. The maximum absolute atomic E-state index is 9.91. The second-order valence-corrected chi connectivity index (χ2v) is 3.61. The van der Waals surface area contributed by atoms with Crippen molar-refractivity contribution >= 4 is 0 Å². The molecule has 0 unspecified atom stereocenters. The zero-order chi connectivity index (χ0) is 8.60. The molecule has 1 N–H and O–H groups in total. The molecule has 12 heavy (non-hydrogen) atoms. The molecular formula is C10H13NO. The molecule has 0 radical (unpaired) electrons. The largest absolute Gasteiger partial charge is 0.384 e.